The van der Waals surface area contributed by atoms with Gasteiger partial charge in [-0.1, -0.05) is 30.3 Å². The van der Waals surface area contributed by atoms with Crippen molar-refractivity contribution in [3.8, 4) is 0 Å². The molecule has 0 bridgehead atoms. The zero-order chi connectivity index (χ0) is 19.5. The average Bonchev–Trinajstić information content (AvgIpc) is 3.52. The molecule has 0 radical (unpaired) electrons. The number of piperidine rings is 1. The molecule has 2 nitrogen and oxygen atoms in total. The molecule has 2 aromatic rings. The molecule has 2 fully saturated rings. The first-order valence-electron chi connectivity index (χ1n) is 10.5. The minimum absolute atomic E-state index is 0.445. The van der Waals surface area contributed by atoms with Gasteiger partial charge in [-0.2, -0.15) is 0 Å². The van der Waals surface area contributed by atoms with E-state index in [-0.39, 0.29) is 0 Å². The van der Waals surface area contributed by atoms with E-state index >= 15 is 0 Å². The van der Waals surface area contributed by atoms with Crippen LogP contribution < -0.4 is 0 Å². The third-order valence-corrected chi connectivity index (χ3v) is 6.22. The first kappa shape index (κ1) is 19.5. The highest BCUT2D eigenvalue weighted by Gasteiger charge is 2.29. The van der Waals surface area contributed by atoms with Gasteiger partial charge in [-0.05, 0) is 75.4 Å². The molecule has 1 aliphatic carbocycles. The summed E-state index contributed by atoms with van der Waals surface area (Å²) in [6.07, 6.45) is 6.07. The van der Waals surface area contributed by atoms with Gasteiger partial charge in [-0.3, -0.25) is 4.90 Å². The molecule has 1 heterocycles. The van der Waals surface area contributed by atoms with Gasteiger partial charge < -0.3 is 4.90 Å². The van der Waals surface area contributed by atoms with Crippen molar-refractivity contribution in [1.82, 2.24) is 9.80 Å². The maximum atomic E-state index is 14.1. The van der Waals surface area contributed by atoms with E-state index in [9.17, 15) is 8.78 Å². The molecule has 4 rings (SSSR count). The number of benzene rings is 2. The second kappa shape index (κ2) is 8.71. The van der Waals surface area contributed by atoms with Gasteiger partial charge in [0.05, 0.1) is 0 Å². The highest BCUT2D eigenvalue weighted by Crippen LogP contribution is 2.30. The number of hydrogen-bond acceptors (Lipinski definition) is 2. The Labute approximate surface area is 167 Å². The fourth-order valence-corrected chi connectivity index (χ4v) is 4.24. The van der Waals surface area contributed by atoms with Gasteiger partial charge in [-0.15, -0.1) is 0 Å². The van der Waals surface area contributed by atoms with Crippen LogP contribution in [-0.4, -0.2) is 36.0 Å². The van der Waals surface area contributed by atoms with Crippen LogP contribution in [0.4, 0.5) is 8.78 Å². The van der Waals surface area contributed by atoms with Crippen molar-refractivity contribution in [1.29, 1.82) is 0 Å². The predicted octanol–water partition coefficient (Wildman–Crippen LogP) is 5.01. The van der Waals surface area contributed by atoms with Crippen molar-refractivity contribution < 1.29 is 8.78 Å². The molecule has 4 heteroatoms. The van der Waals surface area contributed by atoms with Crippen LogP contribution in [0.3, 0.4) is 0 Å². The minimum Gasteiger partial charge on any atom is -0.306 e. The summed E-state index contributed by atoms with van der Waals surface area (Å²) in [6.45, 7) is 3.77. The zero-order valence-electron chi connectivity index (χ0n) is 16.7. The molecule has 2 aromatic carbocycles. The molecule has 28 heavy (non-hydrogen) atoms. The summed E-state index contributed by atoms with van der Waals surface area (Å²) in [7, 11) is 2.20. The quantitative estimate of drug-likeness (QED) is 0.662. The normalized spacial score (nSPS) is 18.7. The number of likely N-dealkylation sites (tertiary alicyclic amines) is 1. The molecular formula is C24H30F2N2. The van der Waals surface area contributed by atoms with E-state index in [1.165, 1.54) is 49.5 Å². The van der Waals surface area contributed by atoms with Crippen molar-refractivity contribution in [3.05, 3.63) is 70.8 Å². The van der Waals surface area contributed by atoms with Crippen LogP contribution in [-0.2, 0) is 19.5 Å². The molecule has 150 valence electrons. The van der Waals surface area contributed by atoms with Crippen molar-refractivity contribution in [2.45, 2.75) is 51.2 Å². The Hall–Kier alpha value is -1.78. The van der Waals surface area contributed by atoms with E-state index < -0.39 is 11.6 Å². The van der Waals surface area contributed by atoms with Crippen LogP contribution in [0.5, 0.6) is 0 Å². The molecule has 0 unspecified atom stereocenters. The van der Waals surface area contributed by atoms with Gasteiger partial charge in [0, 0.05) is 30.8 Å². The predicted molar refractivity (Wildman–Crippen MR) is 109 cm³/mol. The number of rotatable bonds is 7. The summed E-state index contributed by atoms with van der Waals surface area (Å²) in [5.74, 6) is -0.162. The Morgan fingerprint density at radius 2 is 1.57 bits per heavy atom. The Morgan fingerprint density at radius 1 is 0.893 bits per heavy atom. The summed E-state index contributed by atoms with van der Waals surface area (Å²) in [6, 6.07) is 13.4. The molecule has 1 saturated heterocycles. The van der Waals surface area contributed by atoms with Gasteiger partial charge in [-0.25, -0.2) is 8.78 Å². The highest BCUT2D eigenvalue weighted by atomic mass is 19.1. The van der Waals surface area contributed by atoms with Gasteiger partial charge in [0.15, 0.2) is 0 Å². The third kappa shape index (κ3) is 5.18. The molecule has 0 amide bonds. The fourth-order valence-electron chi connectivity index (χ4n) is 4.24. The number of nitrogens with zero attached hydrogens (tertiary/aromatic N) is 2. The third-order valence-electron chi connectivity index (χ3n) is 6.22. The molecular weight excluding hydrogens is 354 g/mol. The molecule has 0 aromatic heterocycles. The van der Waals surface area contributed by atoms with Crippen molar-refractivity contribution in [2.75, 3.05) is 20.1 Å². The topological polar surface area (TPSA) is 6.48 Å². The van der Waals surface area contributed by atoms with Gasteiger partial charge in [0.2, 0.25) is 0 Å². The van der Waals surface area contributed by atoms with E-state index in [1.54, 1.807) is 6.07 Å². The lowest BCUT2D eigenvalue weighted by Gasteiger charge is -2.29. The molecule has 0 spiro atoms. The smallest absolute Gasteiger partial charge is 0.130 e. The Kier molecular flexibility index (Phi) is 6.07. The fraction of sp³-hybridized carbons (Fsp3) is 0.500. The van der Waals surface area contributed by atoms with E-state index in [1.807, 2.05) is 0 Å². The SMILES string of the molecule is CN1CCC(Cc2ccc(CN(Cc3ccc(F)cc3F)C3CC3)cc2)CC1. The Bertz CT molecular complexity index is 778. The Morgan fingerprint density at radius 3 is 2.21 bits per heavy atom. The van der Waals surface area contributed by atoms with E-state index in [0.29, 0.717) is 18.2 Å². The van der Waals surface area contributed by atoms with Crippen LogP contribution in [0.25, 0.3) is 0 Å². The van der Waals surface area contributed by atoms with Gasteiger partial charge >= 0.3 is 0 Å². The van der Waals surface area contributed by atoms with Crippen LogP contribution in [0.15, 0.2) is 42.5 Å². The van der Waals surface area contributed by atoms with Crippen LogP contribution in [0.2, 0.25) is 0 Å². The first-order chi connectivity index (χ1) is 13.6. The first-order valence-corrected chi connectivity index (χ1v) is 10.5. The van der Waals surface area contributed by atoms with Crippen LogP contribution in [0.1, 0.15) is 42.4 Å². The lowest BCUT2D eigenvalue weighted by Crippen LogP contribution is -2.30. The maximum Gasteiger partial charge on any atom is 0.130 e. The highest BCUT2D eigenvalue weighted by molar-refractivity contribution is 5.24. The zero-order valence-corrected chi connectivity index (χ0v) is 16.7. The molecule has 1 aliphatic heterocycles. The summed E-state index contributed by atoms with van der Waals surface area (Å²) >= 11 is 0. The summed E-state index contributed by atoms with van der Waals surface area (Å²) < 4.78 is 27.2. The second-order valence-electron chi connectivity index (χ2n) is 8.64. The minimum atomic E-state index is -0.514. The molecule has 1 saturated carbocycles. The standard InChI is InChI=1S/C24H30F2N2/c1-27-12-10-19(11-13-27)14-18-2-4-20(5-3-18)16-28(23-8-9-23)17-21-6-7-22(25)15-24(21)26/h2-7,15,19,23H,8-14,16-17H2,1H3. The van der Waals surface area contributed by atoms with Crippen molar-refractivity contribution >= 4 is 0 Å². The van der Waals surface area contributed by atoms with Gasteiger partial charge in [0.25, 0.3) is 0 Å². The Balaban J connectivity index is 1.36. The van der Waals surface area contributed by atoms with Crippen LogP contribution in [0, 0.1) is 17.6 Å². The number of hydrogen-bond donors (Lipinski definition) is 0. The molecule has 2 aliphatic rings. The summed E-state index contributed by atoms with van der Waals surface area (Å²) in [4.78, 5) is 4.73. The second-order valence-corrected chi connectivity index (χ2v) is 8.64. The van der Waals surface area contributed by atoms with Crippen molar-refractivity contribution in [2.24, 2.45) is 5.92 Å². The molecule has 0 atom stereocenters. The maximum absolute atomic E-state index is 14.1. The molecule has 0 N–H and O–H groups in total. The lowest BCUT2D eigenvalue weighted by molar-refractivity contribution is 0.219. The van der Waals surface area contributed by atoms with Crippen LogP contribution >= 0.6 is 0 Å². The van der Waals surface area contributed by atoms with Gasteiger partial charge in [0.1, 0.15) is 11.6 Å². The summed E-state index contributed by atoms with van der Waals surface area (Å²) in [5, 5.41) is 0. The largest absolute Gasteiger partial charge is 0.306 e. The monoisotopic (exact) mass is 384 g/mol. The van der Waals surface area contributed by atoms with E-state index in [4.69, 9.17) is 0 Å². The number of halogens is 2. The average molecular weight is 385 g/mol. The van der Waals surface area contributed by atoms with E-state index in [0.717, 1.165) is 31.4 Å². The van der Waals surface area contributed by atoms with Crippen molar-refractivity contribution in [3.63, 3.8) is 0 Å². The summed E-state index contributed by atoms with van der Waals surface area (Å²) in [5.41, 5.74) is 3.26. The van der Waals surface area contributed by atoms with E-state index in [2.05, 4.69) is 41.1 Å². The lowest BCUT2D eigenvalue weighted by atomic mass is 9.90.